The fourth-order valence-corrected chi connectivity index (χ4v) is 7.97. The Morgan fingerprint density at radius 2 is 1.65 bits per heavy atom. The Labute approximate surface area is 396 Å². The minimum absolute atomic E-state index is 0.0648. The molecule has 23 heteroatoms. The quantitative estimate of drug-likeness (QED) is 0.0241. The third kappa shape index (κ3) is 11.4. The van der Waals surface area contributed by atoms with Crippen molar-refractivity contribution in [2.45, 2.75) is 72.1 Å². The number of carbonyl (C=O) groups is 8. The molecule has 4 heterocycles. The van der Waals surface area contributed by atoms with Gasteiger partial charge in [0.2, 0.25) is 41.4 Å². The van der Waals surface area contributed by atoms with Crippen LogP contribution in [-0.2, 0) is 48.3 Å². The number of allylic oxidation sites excluding steroid dienone is 2. The van der Waals surface area contributed by atoms with Crippen LogP contribution in [0.5, 0.6) is 11.5 Å². The van der Waals surface area contributed by atoms with Crippen LogP contribution in [0.15, 0.2) is 42.5 Å². The van der Waals surface area contributed by atoms with E-state index >= 15 is 0 Å². The Hall–Kier alpha value is -8.11. The van der Waals surface area contributed by atoms with Gasteiger partial charge >= 0.3 is 5.97 Å². The molecular formula is C46H56N12O11. The topological polar surface area (TPSA) is 286 Å². The second-order valence-corrected chi connectivity index (χ2v) is 16.3. The maximum absolute atomic E-state index is 13.6. The molecule has 6 rings (SSSR count). The second-order valence-electron chi connectivity index (χ2n) is 16.3. The summed E-state index contributed by atoms with van der Waals surface area (Å²) in [4.78, 5) is 113. The van der Waals surface area contributed by atoms with E-state index in [-0.39, 0.29) is 69.0 Å². The molecule has 6 amide bonds. The molecule has 5 N–H and O–H groups in total. The smallest absolute Gasteiger partial charge is 0.308 e. The largest absolute Gasteiger partial charge is 0.494 e. The lowest BCUT2D eigenvalue weighted by molar-refractivity contribution is -0.145. The van der Waals surface area contributed by atoms with Gasteiger partial charge in [0.15, 0.2) is 0 Å². The average Bonchev–Trinajstić information content (AvgIpc) is 4.07. The van der Waals surface area contributed by atoms with E-state index in [1.807, 2.05) is 23.6 Å². The molecule has 5 aromatic rings. The summed E-state index contributed by atoms with van der Waals surface area (Å²) in [7, 11) is 5.82. The van der Waals surface area contributed by atoms with Gasteiger partial charge in [0, 0.05) is 76.7 Å². The van der Waals surface area contributed by atoms with Gasteiger partial charge in [-0.2, -0.15) is 5.10 Å². The first-order valence-electron chi connectivity index (χ1n) is 22.2. The molecule has 23 nitrogen and oxygen atoms in total. The van der Waals surface area contributed by atoms with Crippen LogP contribution >= 0.6 is 0 Å². The third-order valence-corrected chi connectivity index (χ3v) is 11.4. The number of hydrogen-bond donors (Lipinski definition) is 4. The number of rotatable bonds is 23. The normalized spacial score (nSPS) is 14.1. The number of likely N-dealkylation sites (tertiary alicyclic amines) is 1. The molecule has 366 valence electrons. The first kappa shape index (κ1) is 50.3. The zero-order valence-corrected chi connectivity index (χ0v) is 39.5. The first-order valence-corrected chi connectivity index (χ1v) is 22.2. The molecule has 69 heavy (non-hydrogen) atoms. The van der Waals surface area contributed by atoms with E-state index in [9.17, 15) is 38.4 Å². The van der Waals surface area contributed by atoms with Crippen molar-refractivity contribution in [2.24, 2.45) is 11.7 Å². The van der Waals surface area contributed by atoms with Crippen LogP contribution in [0, 0.1) is 12.8 Å². The number of aryl methyl sites for hydroxylation is 2. The number of methoxy groups -OCH3 is 2. The maximum atomic E-state index is 13.6. The number of hydrogen-bond acceptors (Lipinski definition) is 15. The number of fused-ring (bicyclic) bond motifs is 2. The number of ether oxygens (including phenoxy) is 3. The van der Waals surface area contributed by atoms with Gasteiger partial charge in [-0.1, -0.05) is 19.1 Å². The maximum Gasteiger partial charge on any atom is 0.308 e. The number of carbonyl (C=O) groups excluding carboxylic acids is 8. The van der Waals surface area contributed by atoms with Crippen LogP contribution in [0.4, 0.5) is 11.9 Å². The predicted molar refractivity (Wildman–Crippen MR) is 251 cm³/mol. The Morgan fingerprint density at radius 3 is 2.28 bits per heavy atom. The van der Waals surface area contributed by atoms with Crippen molar-refractivity contribution < 1.29 is 52.6 Å². The van der Waals surface area contributed by atoms with Crippen molar-refractivity contribution in [1.29, 1.82) is 0 Å². The number of nitrogens with two attached hydrogens (primary N) is 1. The molecule has 1 saturated heterocycles. The first-order chi connectivity index (χ1) is 33.0. The molecule has 1 aliphatic rings. The van der Waals surface area contributed by atoms with E-state index in [1.165, 1.54) is 31.2 Å². The number of esters is 1. The van der Waals surface area contributed by atoms with Crippen LogP contribution < -0.4 is 31.2 Å². The summed E-state index contributed by atoms with van der Waals surface area (Å²) in [5.74, 6) is -2.98. The summed E-state index contributed by atoms with van der Waals surface area (Å²) in [6.07, 6.45) is 4.05. The Morgan fingerprint density at radius 1 is 0.971 bits per heavy atom. The highest BCUT2D eigenvalue weighted by atomic mass is 16.5. The van der Waals surface area contributed by atoms with Gasteiger partial charge in [0.05, 0.1) is 44.0 Å². The van der Waals surface area contributed by atoms with Crippen molar-refractivity contribution in [3.8, 4) is 11.5 Å². The average molecular weight is 953 g/mol. The molecule has 1 fully saturated rings. The highest BCUT2D eigenvalue weighted by Crippen LogP contribution is 2.33. The van der Waals surface area contributed by atoms with E-state index in [1.54, 1.807) is 48.3 Å². The SMILES string of the molecule is CCn1nc(C)cc1C(=O)Nc1nc2cc(C(N)=O)cc(OC)c2n1C/C=C/Cn1c(NC)nc2cc(C=O)cc(OCCCN(C)C(=O)C(CC(=O)OC)NC(=O)CCN3C(=O)CC(C)C3=O)c21. The standard InChI is InChI=1S/C46H56N12O11/c1-8-58-33(19-27(3)53-58)42(64)52-46-51-31-22-29(41(47)63)23-34(67-6)39(31)57(46)15-10-9-14-56-40-30(50-45(56)48-4)20-28(25-59)21-35(40)69-17-11-13-54(5)44(66)32(24-38(62)68-7)49-36(60)12-16-55-37(61)18-26(2)43(55)65/h9-10,19-23,25-26,32H,8,11-18,24H2,1-7H3,(H2,47,63)(H,48,50)(H,49,60)(H,51,52,64)/b10-9+. The molecule has 0 radical (unpaired) electrons. The van der Waals surface area contributed by atoms with E-state index in [0.29, 0.717) is 75.7 Å². The summed E-state index contributed by atoms with van der Waals surface area (Å²) in [6, 6.07) is 6.64. The number of benzene rings is 2. The van der Waals surface area contributed by atoms with Crippen LogP contribution in [0.25, 0.3) is 22.1 Å². The monoisotopic (exact) mass is 952 g/mol. The van der Waals surface area contributed by atoms with E-state index in [2.05, 4.69) is 26.0 Å². The molecule has 0 spiro atoms. The van der Waals surface area contributed by atoms with Crippen LogP contribution in [0.2, 0.25) is 0 Å². The van der Waals surface area contributed by atoms with Crippen molar-refractivity contribution >= 4 is 81.7 Å². The molecule has 0 saturated carbocycles. The minimum Gasteiger partial charge on any atom is -0.494 e. The minimum atomic E-state index is -1.28. The van der Waals surface area contributed by atoms with Gasteiger partial charge in [-0.05, 0) is 50.6 Å². The third-order valence-electron chi connectivity index (χ3n) is 11.4. The number of anilines is 2. The molecule has 2 aromatic carbocycles. The zero-order valence-electron chi connectivity index (χ0n) is 39.5. The molecule has 1 aliphatic heterocycles. The van der Waals surface area contributed by atoms with Gasteiger partial charge in [0.1, 0.15) is 40.6 Å². The number of nitrogens with zero attached hydrogens (tertiary/aromatic N) is 8. The fourth-order valence-electron chi connectivity index (χ4n) is 7.97. The van der Waals surface area contributed by atoms with E-state index in [0.717, 1.165) is 12.0 Å². The van der Waals surface area contributed by atoms with Gasteiger partial charge in [-0.25, -0.2) is 9.97 Å². The van der Waals surface area contributed by atoms with Crippen LogP contribution in [0.1, 0.15) is 76.4 Å². The number of aromatic nitrogens is 6. The summed E-state index contributed by atoms with van der Waals surface area (Å²) in [5, 5.41) is 12.9. The number of primary amides is 1. The highest BCUT2D eigenvalue weighted by molar-refractivity contribution is 6.05. The van der Waals surface area contributed by atoms with Crippen molar-refractivity contribution in [3.05, 3.63) is 65.0 Å². The van der Waals surface area contributed by atoms with E-state index in [4.69, 9.17) is 24.9 Å². The molecular weight excluding hydrogens is 897 g/mol. The van der Waals surface area contributed by atoms with Crippen LogP contribution in [-0.4, -0.2) is 140 Å². The van der Waals surface area contributed by atoms with Gasteiger partial charge in [-0.15, -0.1) is 0 Å². The predicted octanol–water partition coefficient (Wildman–Crippen LogP) is 2.44. The Balaban J connectivity index is 1.17. The molecule has 2 atom stereocenters. The number of likely N-dealkylation sites (N-methyl/N-ethyl adjacent to an activating group) is 1. The van der Waals surface area contributed by atoms with Crippen molar-refractivity contribution in [1.82, 2.24) is 44.0 Å². The number of nitrogens with one attached hydrogen (secondary N) is 3. The number of amides is 6. The number of aldehydes is 1. The second kappa shape index (κ2) is 22.1. The van der Waals surface area contributed by atoms with E-state index < -0.39 is 48.0 Å². The molecule has 0 bridgehead atoms. The van der Waals surface area contributed by atoms with Crippen LogP contribution in [0.3, 0.4) is 0 Å². The Bertz CT molecular complexity index is 2840. The lowest BCUT2D eigenvalue weighted by Crippen LogP contribution is -2.49. The lowest BCUT2D eigenvalue weighted by Gasteiger charge is -2.24. The zero-order chi connectivity index (χ0) is 50.1. The highest BCUT2D eigenvalue weighted by Gasteiger charge is 2.36. The summed E-state index contributed by atoms with van der Waals surface area (Å²) in [5.41, 5.74) is 9.00. The van der Waals surface area contributed by atoms with Gasteiger partial charge in [-0.3, -0.25) is 53.3 Å². The molecule has 0 aliphatic carbocycles. The lowest BCUT2D eigenvalue weighted by atomic mass is 10.1. The van der Waals surface area contributed by atoms with Gasteiger partial charge < -0.3 is 44.6 Å². The summed E-state index contributed by atoms with van der Waals surface area (Å²) < 4.78 is 21.8. The number of imide groups is 1. The van der Waals surface area contributed by atoms with Crippen molar-refractivity contribution in [2.75, 3.05) is 58.6 Å². The summed E-state index contributed by atoms with van der Waals surface area (Å²) >= 11 is 0. The molecule has 3 aromatic heterocycles. The van der Waals surface area contributed by atoms with Gasteiger partial charge in [0.25, 0.3) is 5.91 Å². The number of imidazole rings is 2. The Kier molecular flexibility index (Phi) is 16.1. The van der Waals surface area contributed by atoms with Crippen molar-refractivity contribution in [3.63, 3.8) is 0 Å². The molecule has 2 unspecified atom stereocenters. The summed E-state index contributed by atoms with van der Waals surface area (Å²) in [6.45, 7) is 6.26. The fraction of sp³-hybridized carbons (Fsp3) is 0.413.